The second-order valence-corrected chi connectivity index (χ2v) is 5.30. The highest BCUT2D eigenvalue weighted by Crippen LogP contribution is 2.34. The Hall–Kier alpha value is -1.94. The molecular weight excluding hydrogens is 267 g/mol. The minimum atomic E-state index is -0.286. The van der Waals surface area contributed by atoms with E-state index in [1.54, 1.807) is 12.3 Å². The highest BCUT2D eigenvalue weighted by atomic mass is 19.1. The number of fused-ring (bicyclic) bond motifs is 1. The van der Waals surface area contributed by atoms with Crippen LogP contribution in [-0.4, -0.2) is 17.6 Å². The summed E-state index contributed by atoms with van der Waals surface area (Å²) in [4.78, 5) is 3.83. The number of benzene rings is 1. The number of para-hydroxylation sites is 1. The monoisotopic (exact) mass is 286 g/mol. The number of aromatic nitrogens is 1. The Labute approximate surface area is 124 Å². The number of nitrogens with zero attached hydrogens (tertiary/aromatic N) is 1. The van der Waals surface area contributed by atoms with Crippen molar-refractivity contribution in [2.75, 3.05) is 6.54 Å². The topological polar surface area (TPSA) is 34.2 Å². The quantitative estimate of drug-likeness (QED) is 0.916. The molecule has 0 spiro atoms. The van der Waals surface area contributed by atoms with E-state index in [1.165, 1.54) is 11.8 Å². The molecule has 4 heteroatoms. The average molecular weight is 286 g/mol. The molecule has 1 aromatic heterocycles. The number of nitrogens with one attached hydrogen (secondary N) is 1. The highest BCUT2D eigenvalue weighted by Gasteiger charge is 2.32. The number of hydrogen-bond acceptors (Lipinski definition) is 3. The summed E-state index contributed by atoms with van der Waals surface area (Å²) in [6, 6.07) is 9.56. The molecule has 1 aliphatic rings. The molecule has 0 aliphatic carbocycles. The molecule has 1 aromatic carbocycles. The van der Waals surface area contributed by atoms with E-state index in [0.717, 1.165) is 25.1 Å². The molecule has 2 unspecified atom stereocenters. The van der Waals surface area contributed by atoms with Gasteiger partial charge in [-0.3, -0.25) is 4.98 Å². The molecule has 1 aliphatic heterocycles. The molecule has 3 rings (SSSR count). The Morgan fingerprint density at radius 1 is 1.38 bits per heavy atom. The molecule has 21 heavy (non-hydrogen) atoms. The standard InChI is InChI=1S/C17H19FN2O/c1-2-8-20-17(13-7-9-19-11-14(13)18)16-10-12-5-3-4-6-15(12)21-16/h3-7,9,11,16-17,20H,2,8,10H2,1H3. The summed E-state index contributed by atoms with van der Waals surface area (Å²) in [5.74, 6) is 0.617. The van der Waals surface area contributed by atoms with Crippen LogP contribution in [0.2, 0.25) is 0 Å². The van der Waals surface area contributed by atoms with Gasteiger partial charge in [0.05, 0.1) is 12.2 Å². The van der Waals surface area contributed by atoms with Crippen LogP contribution in [0.15, 0.2) is 42.7 Å². The first kappa shape index (κ1) is 14.0. The maximum atomic E-state index is 14.1. The van der Waals surface area contributed by atoms with Crippen molar-refractivity contribution in [1.29, 1.82) is 0 Å². The lowest BCUT2D eigenvalue weighted by atomic mass is 9.98. The van der Waals surface area contributed by atoms with Crippen LogP contribution in [0.25, 0.3) is 0 Å². The van der Waals surface area contributed by atoms with Crippen LogP contribution in [0.5, 0.6) is 5.75 Å². The summed E-state index contributed by atoms with van der Waals surface area (Å²) in [7, 11) is 0. The summed E-state index contributed by atoms with van der Waals surface area (Å²) < 4.78 is 20.1. The van der Waals surface area contributed by atoms with Crippen molar-refractivity contribution in [3.63, 3.8) is 0 Å². The fourth-order valence-electron chi connectivity index (χ4n) is 2.77. The van der Waals surface area contributed by atoms with Crippen molar-refractivity contribution >= 4 is 0 Å². The van der Waals surface area contributed by atoms with Gasteiger partial charge in [0.1, 0.15) is 17.7 Å². The van der Waals surface area contributed by atoms with Gasteiger partial charge in [-0.05, 0) is 30.7 Å². The van der Waals surface area contributed by atoms with Gasteiger partial charge in [0.25, 0.3) is 0 Å². The molecule has 3 nitrogen and oxygen atoms in total. The van der Waals surface area contributed by atoms with Crippen LogP contribution in [0, 0.1) is 5.82 Å². The van der Waals surface area contributed by atoms with Gasteiger partial charge in [0, 0.05) is 18.2 Å². The van der Waals surface area contributed by atoms with Crippen LogP contribution < -0.4 is 10.1 Å². The summed E-state index contributed by atoms with van der Waals surface area (Å²) in [5.41, 5.74) is 1.80. The number of halogens is 1. The first-order valence-electron chi connectivity index (χ1n) is 7.37. The number of pyridine rings is 1. The average Bonchev–Trinajstić information content (AvgIpc) is 2.93. The Morgan fingerprint density at radius 3 is 3.00 bits per heavy atom. The van der Waals surface area contributed by atoms with Crippen LogP contribution in [0.3, 0.4) is 0 Å². The largest absolute Gasteiger partial charge is 0.488 e. The van der Waals surface area contributed by atoms with Crippen molar-refractivity contribution in [2.24, 2.45) is 0 Å². The van der Waals surface area contributed by atoms with Crippen molar-refractivity contribution in [2.45, 2.75) is 31.9 Å². The lowest BCUT2D eigenvalue weighted by molar-refractivity contribution is 0.176. The van der Waals surface area contributed by atoms with E-state index in [4.69, 9.17) is 4.74 Å². The molecule has 0 bridgehead atoms. The van der Waals surface area contributed by atoms with Gasteiger partial charge < -0.3 is 10.1 Å². The maximum absolute atomic E-state index is 14.1. The van der Waals surface area contributed by atoms with E-state index >= 15 is 0 Å². The van der Waals surface area contributed by atoms with Crippen LogP contribution in [0.1, 0.15) is 30.5 Å². The third-order valence-corrected chi connectivity index (χ3v) is 3.80. The van der Waals surface area contributed by atoms with Gasteiger partial charge in [-0.25, -0.2) is 4.39 Å². The molecular formula is C17H19FN2O. The molecule has 0 amide bonds. The summed E-state index contributed by atoms with van der Waals surface area (Å²) in [6.45, 7) is 2.92. The fourth-order valence-corrected chi connectivity index (χ4v) is 2.77. The Kier molecular flexibility index (Phi) is 4.15. The number of hydrogen-bond donors (Lipinski definition) is 1. The second kappa shape index (κ2) is 6.22. The summed E-state index contributed by atoms with van der Waals surface area (Å²) in [6.07, 6.45) is 4.58. The summed E-state index contributed by atoms with van der Waals surface area (Å²) in [5, 5.41) is 3.41. The Morgan fingerprint density at radius 2 is 2.24 bits per heavy atom. The van der Waals surface area contributed by atoms with E-state index in [-0.39, 0.29) is 18.0 Å². The third-order valence-electron chi connectivity index (χ3n) is 3.80. The SMILES string of the molecule is CCCNC(c1ccncc1F)C1Cc2ccccc2O1. The van der Waals surface area contributed by atoms with Gasteiger partial charge in [0.2, 0.25) is 0 Å². The molecule has 0 saturated carbocycles. The molecule has 0 fully saturated rings. The van der Waals surface area contributed by atoms with Crippen molar-refractivity contribution in [3.05, 3.63) is 59.7 Å². The Balaban J connectivity index is 1.86. The third kappa shape index (κ3) is 2.90. The Bertz CT molecular complexity index is 592. The van der Waals surface area contributed by atoms with E-state index in [0.29, 0.717) is 5.56 Å². The van der Waals surface area contributed by atoms with E-state index in [9.17, 15) is 4.39 Å². The van der Waals surface area contributed by atoms with Crippen LogP contribution in [0.4, 0.5) is 4.39 Å². The fraction of sp³-hybridized carbons (Fsp3) is 0.353. The smallest absolute Gasteiger partial charge is 0.146 e. The van der Waals surface area contributed by atoms with Crippen LogP contribution >= 0.6 is 0 Å². The van der Waals surface area contributed by atoms with Gasteiger partial charge in [-0.1, -0.05) is 25.1 Å². The van der Waals surface area contributed by atoms with Crippen LogP contribution in [-0.2, 0) is 6.42 Å². The summed E-state index contributed by atoms with van der Waals surface area (Å²) >= 11 is 0. The first-order valence-corrected chi connectivity index (χ1v) is 7.37. The van der Waals surface area contributed by atoms with Gasteiger partial charge >= 0.3 is 0 Å². The second-order valence-electron chi connectivity index (χ2n) is 5.30. The van der Waals surface area contributed by atoms with E-state index < -0.39 is 0 Å². The molecule has 1 N–H and O–H groups in total. The zero-order chi connectivity index (χ0) is 14.7. The minimum absolute atomic E-state index is 0.0918. The molecule has 0 saturated heterocycles. The maximum Gasteiger partial charge on any atom is 0.146 e. The van der Waals surface area contributed by atoms with E-state index in [1.807, 2.05) is 18.2 Å². The predicted octanol–water partition coefficient (Wildman–Crippen LogP) is 3.27. The molecule has 0 radical (unpaired) electrons. The zero-order valence-corrected chi connectivity index (χ0v) is 12.1. The lowest BCUT2D eigenvalue weighted by Crippen LogP contribution is -2.36. The van der Waals surface area contributed by atoms with Crippen molar-refractivity contribution < 1.29 is 9.13 Å². The minimum Gasteiger partial charge on any atom is -0.488 e. The normalized spacial score (nSPS) is 18.1. The van der Waals surface area contributed by atoms with Crippen molar-refractivity contribution in [1.82, 2.24) is 10.3 Å². The highest BCUT2D eigenvalue weighted by molar-refractivity contribution is 5.38. The van der Waals surface area contributed by atoms with Gasteiger partial charge in [0.15, 0.2) is 0 Å². The molecule has 2 atom stereocenters. The number of ether oxygens (including phenoxy) is 1. The number of rotatable bonds is 5. The molecule has 2 heterocycles. The zero-order valence-electron chi connectivity index (χ0n) is 12.1. The molecule has 2 aromatic rings. The molecule has 110 valence electrons. The predicted molar refractivity (Wildman–Crippen MR) is 79.8 cm³/mol. The van der Waals surface area contributed by atoms with E-state index in [2.05, 4.69) is 23.3 Å². The lowest BCUT2D eigenvalue weighted by Gasteiger charge is -2.25. The van der Waals surface area contributed by atoms with Gasteiger partial charge in [-0.2, -0.15) is 0 Å². The van der Waals surface area contributed by atoms with Crippen molar-refractivity contribution in [3.8, 4) is 5.75 Å². The van der Waals surface area contributed by atoms with Gasteiger partial charge in [-0.15, -0.1) is 0 Å². The first-order chi connectivity index (χ1) is 10.3.